The van der Waals surface area contributed by atoms with E-state index < -0.39 is 0 Å². The Morgan fingerprint density at radius 3 is 2.00 bits per heavy atom. The number of rotatable bonds is 7. The van der Waals surface area contributed by atoms with Gasteiger partial charge < -0.3 is 20.9 Å². The molecule has 0 atom stereocenters. The number of benzene rings is 3. The van der Waals surface area contributed by atoms with Gasteiger partial charge in [-0.3, -0.25) is 0 Å². The minimum atomic E-state index is -0.0525. The van der Waals surface area contributed by atoms with E-state index in [0.717, 1.165) is 44.9 Å². The predicted octanol–water partition coefficient (Wildman–Crippen LogP) is 5.15. The van der Waals surface area contributed by atoms with Crippen LogP contribution in [0.5, 0.6) is 5.75 Å². The quantitative estimate of drug-likeness (QED) is 0.388. The van der Waals surface area contributed by atoms with Gasteiger partial charge in [0.25, 0.3) is 0 Å². The van der Waals surface area contributed by atoms with E-state index in [2.05, 4.69) is 5.32 Å². The van der Waals surface area contributed by atoms with Crippen molar-refractivity contribution in [3.63, 3.8) is 0 Å². The fourth-order valence-electron chi connectivity index (χ4n) is 3.00. The van der Waals surface area contributed by atoms with Gasteiger partial charge in [0.1, 0.15) is 5.75 Å². The highest BCUT2D eigenvalue weighted by atomic mass is 16.5. The molecule has 0 spiro atoms. The molecule has 0 amide bonds. The topological polar surface area (TPSA) is 67.5 Å². The number of ether oxygens (including phenoxy) is 1. The number of methoxy groups -OCH3 is 1. The third kappa shape index (κ3) is 5.27. The van der Waals surface area contributed by atoms with E-state index in [-0.39, 0.29) is 6.61 Å². The second kappa shape index (κ2) is 9.62. The minimum Gasteiger partial charge on any atom is -0.496 e. The van der Waals surface area contributed by atoms with Gasteiger partial charge in [-0.1, -0.05) is 48.6 Å². The van der Waals surface area contributed by atoms with E-state index in [1.165, 1.54) is 0 Å². The summed E-state index contributed by atoms with van der Waals surface area (Å²) in [6.45, 7) is -0.0525. The molecule has 3 aromatic rings. The zero-order valence-corrected chi connectivity index (χ0v) is 16.7. The fourth-order valence-corrected chi connectivity index (χ4v) is 3.00. The van der Waals surface area contributed by atoms with Crippen molar-refractivity contribution in [2.75, 3.05) is 25.2 Å². The third-order valence-corrected chi connectivity index (χ3v) is 4.71. The predicted molar refractivity (Wildman–Crippen MR) is 124 cm³/mol. The van der Waals surface area contributed by atoms with E-state index in [0.29, 0.717) is 0 Å². The summed E-state index contributed by atoms with van der Waals surface area (Å²) >= 11 is 0. The summed E-state index contributed by atoms with van der Waals surface area (Å²) in [6, 6.07) is 19.7. The summed E-state index contributed by atoms with van der Waals surface area (Å²) in [5.74, 6) is 0.752. The molecule has 0 aromatic heterocycles. The van der Waals surface area contributed by atoms with Crippen molar-refractivity contribution in [2.24, 2.45) is 0 Å². The van der Waals surface area contributed by atoms with Crippen LogP contribution < -0.4 is 15.8 Å². The van der Waals surface area contributed by atoms with Crippen LogP contribution in [0, 0.1) is 0 Å². The maximum absolute atomic E-state index is 9.86. The maximum atomic E-state index is 9.86. The molecule has 0 saturated heterocycles. The molecule has 0 fully saturated rings. The van der Waals surface area contributed by atoms with Crippen molar-refractivity contribution in [2.45, 2.75) is 6.61 Å². The number of nitrogens with one attached hydrogen (secondary N) is 1. The molecule has 0 unspecified atom stereocenters. The van der Waals surface area contributed by atoms with Gasteiger partial charge in [-0.2, -0.15) is 0 Å². The number of nitrogens with two attached hydrogens (primary N) is 1. The Bertz CT molecular complexity index is 1000. The van der Waals surface area contributed by atoms with Crippen LogP contribution in [0.3, 0.4) is 0 Å². The van der Waals surface area contributed by atoms with Crippen molar-refractivity contribution in [3.05, 3.63) is 88.5 Å². The molecule has 0 aliphatic heterocycles. The number of aliphatic hydroxyl groups excluding tert-OH is 1. The molecule has 4 heteroatoms. The van der Waals surface area contributed by atoms with Crippen LogP contribution in [0.1, 0.15) is 27.8 Å². The maximum Gasteiger partial charge on any atom is 0.126 e. The molecule has 0 saturated carbocycles. The smallest absolute Gasteiger partial charge is 0.126 e. The standard InChI is InChI=1S/C25H26N2O2/c1-27-24-13-7-19(8-14-24)4-10-21-15-22(17-28)20(16-25(21)29-2)9-3-18-5-11-23(26)12-6-18/h3-16,27-28H,17,26H2,1-2H3/b9-3+,10-4+. The van der Waals surface area contributed by atoms with E-state index in [9.17, 15) is 5.11 Å². The Morgan fingerprint density at radius 2 is 1.45 bits per heavy atom. The Labute approximate surface area is 172 Å². The van der Waals surface area contributed by atoms with Crippen LogP contribution in [0.4, 0.5) is 11.4 Å². The lowest BCUT2D eigenvalue weighted by Crippen LogP contribution is -1.94. The van der Waals surface area contributed by atoms with Gasteiger partial charge in [-0.15, -0.1) is 0 Å². The van der Waals surface area contributed by atoms with Crippen LogP contribution >= 0.6 is 0 Å². The van der Waals surface area contributed by atoms with Gasteiger partial charge in [0.2, 0.25) is 0 Å². The van der Waals surface area contributed by atoms with E-state index >= 15 is 0 Å². The van der Waals surface area contributed by atoms with Crippen LogP contribution in [-0.2, 0) is 6.61 Å². The molecule has 0 bridgehead atoms. The number of aliphatic hydroxyl groups is 1. The van der Waals surface area contributed by atoms with Crippen molar-refractivity contribution < 1.29 is 9.84 Å². The van der Waals surface area contributed by atoms with Gasteiger partial charge in [0, 0.05) is 24.0 Å². The zero-order chi connectivity index (χ0) is 20.6. The summed E-state index contributed by atoms with van der Waals surface area (Å²) in [5.41, 5.74) is 12.3. The highest BCUT2D eigenvalue weighted by Gasteiger charge is 2.07. The van der Waals surface area contributed by atoms with Gasteiger partial charge in [0.15, 0.2) is 0 Å². The van der Waals surface area contributed by atoms with Gasteiger partial charge in [-0.05, 0) is 58.7 Å². The van der Waals surface area contributed by atoms with E-state index in [4.69, 9.17) is 10.5 Å². The summed E-state index contributed by atoms with van der Waals surface area (Å²) in [6.07, 6.45) is 8.00. The lowest BCUT2D eigenvalue weighted by Gasteiger charge is -2.11. The highest BCUT2D eigenvalue weighted by molar-refractivity contribution is 5.78. The number of hydrogen-bond acceptors (Lipinski definition) is 4. The minimum absolute atomic E-state index is 0.0525. The summed E-state index contributed by atoms with van der Waals surface area (Å²) in [7, 11) is 3.55. The van der Waals surface area contributed by atoms with Gasteiger partial charge in [-0.25, -0.2) is 0 Å². The average molecular weight is 386 g/mol. The largest absolute Gasteiger partial charge is 0.496 e. The normalized spacial score (nSPS) is 11.3. The van der Waals surface area contributed by atoms with Gasteiger partial charge in [0.05, 0.1) is 13.7 Å². The summed E-state index contributed by atoms with van der Waals surface area (Å²) in [4.78, 5) is 0. The molecule has 29 heavy (non-hydrogen) atoms. The molecule has 3 rings (SSSR count). The van der Waals surface area contributed by atoms with Crippen LogP contribution in [-0.4, -0.2) is 19.3 Å². The van der Waals surface area contributed by atoms with Crippen molar-refractivity contribution in [1.29, 1.82) is 0 Å². The van der Waals surface area contributed by atoms with Crippen LogP contribution in [0.15, 0.2) is 60.7 Å². The lowest BCUT2D eigenvalue weighted by molar-refractivity contribution is 0.281. The first-order chi connectivity index (χ1) is 14.1. The van der Waals surface area contributed by atoms with Crippen LogP contribution in [0.25, 0.3) is 24.3 Å². The first-order valence-electron chi connectivity index (χ1n) is 9.44. The van der Waals surface area contributed by atoms with E-state index in [1.54, 1.807) is 7.11 Å². The van der Waals surface area contributed by atoms with E-state index in [1.807, 2.05) is 92.0 Å². The molecular formula is C25H26N2O2. The molecular weight excluding hydrogens is 360 g/mol. The molecule has 3 aromatic carbocycles. The molecule has 4 N–H and O–H groups in total. The first-order valence-corrected chi connectivity index (χ1v) is 9.44. The van der Waals surface area contributed by atoms with Crippen molar-refractivity contribution >= 4 is 35.7 Å². The van der Waals surface area contributed by atoms with Crippen molar-refractivity contribution in [1.82, 2.24) is 0 Å². The Balaban J connectivity index is 1.88. The lowest BCUT2D eigenvalue weighted by atomic mass is 10.0. The van der Waals surface area contributed by atoms with Crippen LogP contribution in [0.2, 0.25) is 0 Å². The average Bonchev–Trinajstić information content (AvgIpc) is 2.77. The van der Waals surface area contributed by atoms with Gasteiger partial charge >= 0.3 is 0 Å². The Morgan fingerprint density at radius 1 is 0.862 bits per heavy atom. The second-order valence-corrected chi connectivity index (χ2v) is 6.66. The number of anilines is 2. The third-order valence-electron chi connectivity index (χ3n) is 4.71. The second-order valence-electron chi connectivity index (χ2n) is 6.66. The molecule has 0 radical (unpaired) electrons. The first kappa shape index (κ1) is 20.2. The Hall–Kier alpha value is -3.50. The summed E-state index contributed by atoms with van der Waals surface area (Å²) < 4.78 is 5.58. The monoisotopic (exact) mass is 386 g/mol. The Kier molecular flexibility index (Phi) is 6.72. The van der Waals surface area contributed by atoms with Crippen molar-refractivity contribution in [3.8, 4) is 5.75 Å². The molecule has 0 aliphatic carbocycles. The number of nitrogen functional groups attached to an aromatic ring is 1. The summed E-state index contributed by atoms with van der Waals surface area (Å²) in [5, 5.41) is 13.0. The molecule has 0 heterocycles. The highest BCUT2D eigenvalue weighted by Crippen LogP contribution is 2.27. The molecule has 4 nitrogen and oxygen atoms in total. The SMILES string of the molecule is CNc1ccc(/C=C/c2cc(CO)c(/C=C/c3ccc(N)cc3)cc2OC)cc1. The molecule has 0 aliphatic rings. The zero-order valence-electron chi connectivity index (χ0n) is 16.7. The molecule has 148 valence electrons. The fraction of sp³-hybridized carbons (Fsp3) is 0.120. The number of hydrogen-bond donors (Lipinski definition) is 3.